The van der Waals surface area contributed by atoms with Crippen LogP contribution in [0.15, 0.2) is 60.2 Å². The number of thiazole rings is 1. The number of esters is 1. The van der Waals surface area contributed by atoms with Gasteiger partial charge in [-0.3, -0.25) is 20.1 Å². The summed E-state index contributed by atoms with van der Waals surface area (Å²) in [5, 5.41) is 5.61. The summed E-state index contributed by atoms with van der Waals surface area (Å²) in [6.45, 7) is 1.77. The van der Waals surface area contributed by atoms with Crippen LogP contribution in [0.2, 0.25) is 5.02 Å². The molecular weight excluding hydrogens is 436 g/mol. The van der Waals surface area contributed by atoms with Crippen LogP contribution in [-0.2, 0) is 9.53 Å². The number of hydrogen-bond donors (Lipinski definition) is 1. The topological polar surface area (TPSA) is 94.1 Å². The van der Waals surface area contributed by atoms with Crippen LogP contribution in [0, 0.1) is 0 Å². The molecule has 156 valence electrons. The number of carbonyl (C=O) groups excluding carboxylic acids is 2. The third-order valence-corrected chi connectivity index (χ3v) is 5.52. The van der Waals surface area contributed by atoms with E-state index in [0.717, 1.165) is 11.3 Å². The van der Waals surface area contributed by atoms with Crippen molar-refractivity contribution < 1.29 is 14.3 Å². The van der Waals surface area contributed by atoms with Gasteiger partial charge in [-0.1, -0.05) is 36.7 Å². The van der Waals surface area contributed by atoms with Crippen molar-refractivity contribution in [3.8, 4) is 11.3 Å². The number of aromatic nitrogens is 3. The van der Waals surface area contributed by atoms with Crippen molar-refractivity contribution in [2.24, 2.45) is 0 Å². The second-order valence-electron chi connectivity index (χ2n) is 6.57. The molecule has 0 saturated carbocycles. The van der Waals surface area contributed by atoms with Gasteiger partial charge in [0, 0.05) is 28.4 Å². The Hall–Kier alpha value is -3.36. The summed E-state index contributed by atoms with van der Waals surface area (Å²) in [6, 6.07) is 12.3. The van der Waals surface area contributed by atoms with Gasteiger partial charge in [-0.25, -0.2) is 9.78 Å². The van der Waals surface area contributed by atoms with Gasteiger partial charge in [0.05, 0.1) is 16.8 Å². The molecule has 2 heterocycles. The molecule has 0 saturated heterocycles. The SMILES string of the molecule is CCC(OC(=O)c1cccc2nccnc12)C(=O)Nc1nc(-c2ccc(Cl)cc2)cs1. The average Bonchev–Trinajstić information content (AvgIpc) is 3.25. The summed E-state index contributed by atoms with van der Waals surface area (Å²) in [5.41, 5.74) is 2.87. The molecule has 2 aromatic heterocycles. The molecule has 9 heteroatoms. The van der Waals surface area contributed by atoms with Crippen LogP contribution in [-0.4, -0.2) is 32.9 Å². The molecular formula is C22H17ClN4O3S. The largest absolute Gasteiger partial charge is 0.449 e. The Labute approximate surface area is 187 Å². The number of hydrogen-bond acceptors (Lipinski definition) is 7. The van der Waals surface area contributed by atoms with Crippen molar-refractivity contribution in [1.29, 1.82) is 0 Å². The maximum Gasteiger partial charge on any atom is 0.341 e. The van der Waals surface area contributed by atoms with E-state index in [-0.39, 0.29) is 5.56 Å². The van der Waals surface area contributed by atoms with Crippen LogP contribution in [0.3, 0.4) is 0 Å². The van der Waals surface area contributed by atoms with E-state index in [1.54, 1.807) is 43.5 Å². The Morgan fingerprint density at radius 3 is 2.68 bits per heavy atom. The fraction of sp³-hybridized carbons (Fsp3) is 0.136. The lowest BCUT2D eigenvalue weighted by atomic mass is 10.1. The van der Waals surface area contributed by atoms with E-state index >= 15 is 0 Å². The molecule has 2 aromatic carbocycles. The zero-order chi connectivity index (χ0) is 21.8. The molecule has 1 atom stereocenters. The number of rotatable bonds is 6. The normalized spacial score (nSPS) is 11.8. The lowest BCUT2D eigenvalue weighted by Gasteiger charge is -2.15. The number of benzene rings is 2. The van der Waals surface area contributed by atoms with E-state index in [9.17, 15) is 9.59 Å². The van der Waals surface area contributed by atoms with E-state index in [1.165, 1.54) is 17.5 Å². The van der Waals surface area contributed by atoms with Gasteiger partial charge in [0.1, 0.15) is 5.52 Å². The van der Waals surface area contributed by atoms with Gasteiger partial charge >= 0.3 is 5.97 Å². The Morgan fingerprint density at radius 2 is 1.90 bits per heavy atom. The first-order valence-electron chi connectivity index (χ1n) is 9.48. The number of anilines is 1. The second-order valence-corrected chi connectivity index (χ2v) is 7.86. The Morgan fingerprint density at radius 1 is 1.13 bits per heavy atom. The molecule has 1 unspecified atom stereocenters. The second kappa shape index (κ2) is 9.20. The van der Waals surface area contributed by atoms with Gasteiger partial charge in [-0.15, -0.1) is 11.3 Å². The van der Waals surface area contributed by atoms with Crippen LogP contribution in [0.4, 0.5) is 5.13 Å². The third kappa shape index (κ3) is 4.70. The van der Waals surface area contributed by atoms with Gasteiger partial charge in [-0.05, 0) is 30.7 Å². The number of para-hydroxylation sites is 1. The number of ether oxygens (including phenoxy) is 1. The summed E-state index contributed by atoms with van der Waals surface area (Å²) in [7, 11) is 0. The van der Waals surface area contributed by atoms with Crippen molar-refractivity contribution in [3.05, 3.63) is 70.8 Å². The predicted octanol–water partition coefficient (Wildman–Crippen LogP) is 4.98. The highest BCUT2D eigenvalue weighted by Crippen LogP contribution is 2.26. The first-order chi connectivity index (χ1) is 15.0. The molecule has 0 aliphatic carbocycles. The number of fused-ring (bicyclic) bond motifs is 1. The molecule has 1 amide bonds. The van der Waals surface area contributed by atoms with E-state index in [2.05, 4.69) is 20.3 Å². The van der Waals surface area contributed by atoms with Crippen LogP contribution >= 0.6 is 22.9 Å². The fourth-order valence-electron chi connectivity index (χ4n) is 2.94. The molecule has 0 aliphatic heterocycles. The predicted molar refractivity (Wildman–Crippen MR) is 120 cm³/mol. The Balaban J connectivity index is 1.46. The summed E-state index contributed by atoms with van der Waals surface area (Å²) >= 11 is 7.21. The molecule has 31 heavy (non-hydrogen) atoms. The average molecular weight is 453 g/mol. The van der Waals surface area contributed by atoms with Crippen LogP contribution < -0.4 is 5.32 Å². The van der Waals surface area contributed by atoms with Gasteiger partial charge in [-0.2, -0.15) is 0 Å². The molecule has 4 aromatic rings. The summed E-state index contributed by atoms with van der Waals surface area (Å²) in [6.07, 6.45) is 2.39. The van der Waals surface area contributed by atoms with Gasteiger partial charge in [0.2, 0.25) is 0 Å². The minimum absolute atomic E-state index is 0.260. The molecule has 0 bridgehead atoms. The zero-order valence-electron chi connectivity index (χ0n) is 16.4. The van der Waals surface area contributed by atoms with Crippen molar-refractivity contribution >= 4 is 51.0 Å². The maximum absolute atomic E-state index is 12.7. The number of nitrogens with one attached hydrogen (secondary N) is 1. The molecule has 0 spiro atoms. The van der Waals surface area contributed by atoms with Gasteiger partial charge < -0.3 is 4.74 Å². The lowest BCUT2D eigenvalue weighted by molar-refractivity contribution is -0.124. The van der Waals surface area contributed by atoms with Crippen LogP contribution in [0.1, 0.15) is 23.7 Å². The van der Waals surface area contributed by atoms with E-state index in [1.807, 2.05) is 17.5 Å². The molecule has 0 radical (unpaired) electrons. The van der Waals surface area contributed by atoms with Crippen molar-refractivity contribution in [1.82, 2.24) is 15.0 Å². The quantitative estimate of drug-likeness (QED) is 0.414. The highest BCUT2D eigenvalue weighted by Gasteiger charge is 2.24. The minimum atomic E-state index is -0.970. The molecule has 7 nitrogen and oxygen atoms in total. The van der Waals surface area contributed by atoms with Crippen molar-refractivity contribution in [3.63, 3.8) is 0 Å². The van der Waals surface area contributed by atoms with Gasteiger partial charge in [0.15, 0.2) is 11.2 Å². The van der Waals surface area contributed by atoms with Crippen LogP contribution in [0.25, 0.3) is 22.3 Å². The molecule has 0 aliphatic rings. The zero-order valence-corrected chi connectivity index (χ0v) is 18.0. The molecule has 1 N–H and O–H groups in total. The third-order valence-electron chi connectivity index (χ3n) is 4.51. The smallest absolute Gasteiger partial charge is 0.341 e. The van der Waals surface area contributed by atoms with Crippen molar-refractivity contribution in [2.75, 3.05) is 5.32 Å². The summed E-state index contributed by atoms with van der Waals surface area (Å²) in [5.74, 6) is -1.08. The molecule has 0 fully saturated rings. The summed E-state index contributed by atoms with van der Waals surface area (Å²) < 4.78 is 5.48. The molecule has 4 rings (SSSR count). The standard InChI is InChI=1S/C22H17ClN4O3S/c1-2-18(30-21(29)15-4-3-5-16-19(15)25-11-10-24-16)20(28)27-22-26-17(12-31-22)13-6-8-14(23)9-7-13/h3-12,18H,2H2,1H3,(H,26,27,28). The monoisotopic (exact) mass is 452 g/mol. The Kier molecular flexibility index (Phi) is 6.20. The highest BCUT2D eigenvalue weighted by atomic mass is 35.5. The van der Waals surface area contributed by atoms with Crippen LogP contribution in [0.5, 0.6) is 0 Å². The number of halogens is 1. The lowest BCUT2D eigenvalue weighted by Crippen LogP contribution is -2.32. The minimum Gasteiger partial charge on any atom is -0.449 e. The number of amides is 1. The Bertz CT molecular complexity index is 1240. The number of nitrogens with zero attached hydrogens (tertiary/aromatic N) is 3. The van der Waals surface area contributed by atoms with E-state index < -0.39 is 18.0 Å². The number of carbonyl (C=O) groups is 2. The first-order valence-corrected chi connectivity index (χ1v) is 10.7. The summed E-state index contributed by atoms with van der Waals surface area (Å²) in [4.78, 5) is 38.2. The van der Waals surface area contributed by atoms with E-state index in [4.69, 9.17) is 16.3 Å². The fourth-order valence-corrected chi connectivity index (χ4v) is 3.79. The van der Waals surface area contributed by atoms with Crippen molar-refractivity contribution in [2.45, 2.75) is 19.4 Å². The van der Waals surface area contributed by atoms with E-state index in [0.29, 0.717) is 27.6 Å². The van der Waals surface area contributed by atoms with Gasteiger partial charge in [0.25, 0.3) is 5.91 Å². The highest BCUT2D eigenvalue weighted by molar-refractivity contribution is 7.14. The first kappa shape index (κ1) is 20.9. The maximum atomic E-state index is 12.7.